The fraction of sp³-hybridized carbons (Fsp3) is 0.282. The number of imidazole rings is 1. The Labute approximate surface area is 699 Å². The highest BCUT2D eigenvalue weighted by Crippen LogP contribution is 2.25. The lowest BCUT2D eigenvalue weighted by atomic mass is 10.00. The van der Waals surface area contributed by atoms with Gasteiger partial charge in [-0.3, -0.25) is 62.3 Å². The Morgan fingerprint density at radius 2 is 0.699 bits per heavy atom. The van der Waals surface area contributed by atoms with Crippen molar-refractivity contribution in [3.63, 3.8) is 0 Å². The van der Waals surface area contributed by atoms with E-state index in [2.05, 4.69) is 88.4 Å². The van der Waals surface area contributed by atoms with E-state index in [0.717, 1.165) is 12.4 Å². The van der Waals surface area contributed by atoms with Crippen molar-refractivity contribution < 1.29 is 97.8 Å². The summed E-state index contributed by atoms with van der Waals surface area (Å²) in [6.07, 6.45) is 2.81. The van der Waals surface area contributed by atoms with E-state index in [1.165, 1.54) is 80.4 Å². The van der Waals surface area contributed by atoms with Gasteiger partial charge in [0.2, 0.25) is 65.0 Å². The summed E-state index contributed by atoms with van der Waals surface area (Å²) in [5.41, 5.74) is 11.5. The number of para-hydroxylation sites is 4. The molecule has 0 saturated carbocycles. The van der Waals surface area contributed by atoms with E-state index in [4.69, 9.17) is 5.73 Å². The van der Waals surface area contributed by atoms with E-state index in [0.29, 0.717) is 66.0 Å². The molecule has 38 nitrogen and oxygen atoms in total. The Morgan fingerprint density at radius 3 is 1.06 bits per heavy atom. The molecular formula is C85H92N18O20. The molecule has 0 spiro atoms. The van der Waals surface area contributed by atoms with Gasteiger partial charge >= 0.3 is 17.9 Å². The summed E-state index contributed by atoms with van der Waals surface area (Å²) < 4.78 is 0. The molecule has 11 amide bonds. The minimum absolute atomic E-state index is 0.0243. The number of carboxylic acids is 3. The number of aromatic hydroxyl groups is 2. The largest absolute Gasteiger partial charge is 0.508 e. The monoisotopic (exact) mass is 1680 g/mol. The number of hydrogen-bond acceptors (Lipinski definition) is 19. The quantitative estimate of drug-likeness (QED) is 0.0247. The van der Waals surface area contributed by atoms with Crippen LogP contribution in [-0.4, -0.2) is 223 Å². The molecular weight excluding hydrogens is 1590 g/mol. The first kappa shape index (κ1) is 88.6. The second-order valence-electron chi connectivity index (χ2n) is 29.6. The zero-order valence-corrected chi connectivity index (χ0v) is 66.2. The highest BCUT2D eigenvalue weighted by Gasteiger charge is 2.39. The second kappa shape index (κ2) is 41.0. The van der Waals surface area contributed by atoms with Crippen LogP contribution in [0.3, 0.4) is 0 Å². The number of aromatic amines is 5. The van der Waals surface area contributed by atoms with E-state index < -0.39 is 201 Å². The predicted molar refractivity (Wildman–Crippen MR) is 444 cm³/mol. The highest BCUT2D eigenvalue weighted by molar-refractivity contribution is 6.02. The minimum Gasteiger partial charge on any atom is -0.508 e. The maximum absolute atomic E-state index is 15.5. The van der Waals surface area contributed by atoms with Gasteiger partial charge < -0.3 is 120 Å². The Bertz CT molecular complexity index is 5680. The van der Waals surface area contributed by atoms with Gasteiger partial charge in [-0.05, 0) is 95.8 Å². The van der Waals surface area contributed by atoms with Crippen molar-refractivity contribution in [1.82, 2.24) is 88.4 Å². The first-order valence-corrected chi connectivity index (χ1v) is 39.0. The van der Waals surface area contributed by atoms with E-state index >= 15 is 19.2 Å². The van der Waals surface area contributed by atoms with Crippen molar-refractivity contribution in [3.8, 4) is 11.5 Å². The molecule has 0 bridgehead atoms. The maximum Gasteiger partial charge on any atom is 0.326 e. The topological polar surface area (TPSA) is 611 Å². The number of aliphatic carboxylic acids is 3. The lowest BCUT2D eigenvalue weighted by Crippen LogP contribution is -2.62. The maximum atomic E-state index is 15.5. The molecule has 38 heteroatoms. The number of carbonyl (C=O) groups excluding carboxylic acids is 11. The Hall–Kier alpha value is -15.2. The molecule has 11 aromatic rings. The summed E-state index contributed by atoms with van der Waals surface area (Å²) in [7, 11) is 0. The molecule has 11 rings (SSSR count). The molecule has 0 radical (unpaired) electrons. The minimum atomic E-state index is -2.12. The molecule has 123 heavy (non-hydrogen) atoms. The number of rotatable bonds is 42. The number of hydrogen-bond donors (Lipinski definition) is 23. The summed E-state index contributed by atoms with van der Waals surface area (Å²) in [4.78, 5) is 217. The van der Waals surface area contributed by atoms with Crippen molar-refractivity contribution in [3.05, 3.63) is 222 Å². The van der Waals surface area contributed by atoms with Crippen LogP contribution in [0.1, 0.15) is 65.8 Å². The molecule has 0 saturated heterocycles. The summed E-state index contributed by atoms with van der Waals surface area (Å²) >= 11 is 0. The van der Waals surface area contributed by atoms with Gasteiger partial charge in [-0.15, -0.1) is 0 Å². The van der Waals surface area contributed by atoms with E-state index in [9.17, 15) is 78.6 Å². The van der Waals surface area contributed by atoms with Gasteiger partial charge in [0.25, 0.3) is 0 Å². The third-order valence-corrected chi connectivity index (χ3v) is 20.5. The van der Waals surface area contributed by atoms with Gasteiger partial charge in [-0.2, -0.15) is 0 Å². The van der Waals surface area contributed by atoms with Crippen LogP contribution in [0.5, 0.6) is 11.5 Å². The molecule has 24 N–H and O–H groups in total. The number of carboxylic acid groups (broad SMARTS) is 3. The molecule has 5 heterocycles. The van der Waals surface area contributed by atoms with Gasteiger partial charge in [0, 0.05) is 125 Å². The molecule has 5 aromatic heterocycles. The average Bonchev–Trinajstić information content (AvgIpc) is 1.72. The number of phenolic OH excluding ortho intramolecular Hbond substituents is 2. The molecule has 642 valence electrons. The van der Waals surface area contributed by atoms with Crippen molar-refractivity contribution >= 4 is 126 Å². The molecule has 0 fully saturated rings. The van der Waals surface area contributed by atoms with Crippen LogP contribution in [0.25, 0.3) is 43.6 Å². The first-order chi connectivity index (χ1) is 58.9. The van der Waals surface area contributed by atoms with Crippen LogP contribution in [0.4, 0.5) is 0 Å². The molecule has 12 atom stereocenters. The first-order valence-electron chi connectivity index (χ1n) is 39.0. The van der Waals surface area contributed by atoms with Crippen LogP contribution >= 0.6 is 0 Å². The number of carbonyl (C=O) groups is 14. The number of benzene rings is 6. The summed E-state index contributed by atoms with van der Waals surface area (Å²) in [6.45, 7) is 1.67. The highest BCUT2D eigenvalue weighted by atomic mass is 16.4. The van der Waals surface area contributed by atoms with Crippen molar-refractivity contribution in [2.75, 3.05) is 6.54 Å². The third kappa shape index (κ3) is 24.1. The molecule has 0 aliphatic heterocycles. The van der Waals surface area contributed by atoms with E-state index in [-0.39, 0.29) is 41.9 Å². The number of H-pyrrole nitrogens is 5. The molecule has 6 aromatic carbocycles. The number of nitrogens with one attached hydrogen (secondary N) is 16. The van der Waals surface area contributed by atoms with Crippen LogP contribution in [-0.2, 0) is 112 Å². The molecule has 0 aliphatic carbocycles. The van der Waals surface area contributed by atoms with Crippen LogP contribution < -0.4 is 64.2 Å². The smallest absolute Gasteiger partial charge is 0.326 e. The average molecular weight is 1690 g/mol. The number of aromatic nitrogens is 6. The zero-order valence-electron chi connectivity index (χ0n) is 66.2. The lowest BCUT2D eigenvalue weighted by Gasteiger charge is -2.28. The SMILES string of the molecule is C[C@H](NC(=O)[C@@H](NC(=O)[C@H](Cc1c[nH]c2ccccc12)NC(=O)[C@H](CC(=O)O)NC(=O)[C@H](Cc1c[nH]c2ccccc12)NC(=O)[C@H](Cc1ccc(O)cc1)NC(=O)[C@H](Cc1ccc(O)cc1)NC(=O)[C@H](CC(=O)O)NC(=O)[C@H](Cc1c[nH]c2ccccc12)NC(=O)CNC(=O)[C@@H](N)Cc1cnc[nH]1)[C@@H](C)O)C(=O)N[C@@H](Cc1c[nH]c2ccccc12)C(=O)O. The number of aliphatic hydroxyl groups excluding tert-OH is 1. The Balaban J connectivity index is 0.843. The van der Waals surface area contributed by atoms with Crippen LogP contribution in [0, 0.1) is 0 Å². The summed E-state index contributed by atoms with van der Waals surface area (Å²) in [5.74, 6) is -17.2. The lowest BCUT2D eigenvalue weighted by molar-refractivity contribution is -0.142. The standard InChI is InChI=1S/C85H92N18O20/c1-43(75(112)102-70(85(122)123)32-50-39-91-62-18-10-6-14-57(50)62)94-84(121)74(44(2)104)103-83(120)67(31-49-38-90-61-17-9-5-13-56(49)61)99-82(119)69(35-73(110)111)101-80(117)66(30-48-37-89-60-16-8-4-12-55(48)60)98-78(115)64(28-46-21-25-53(106)26-22-46)96-77(114)63(27-45-19-23-52(105)24-20-45)97-81(118)68(34-72(108)109)100-79(116)65(29-47-36-88-59-15-7-3-11-54(47)59)95-71(107)41-92-76(113)58(86)33-51-40-87-42-93-51/h3-26,36-40,42-44,58,63-70,74,88-91,104-106H,27-35,41,86H2,1-2H3,(H,87,93)(H,92,113)(H,94,121)(H,95,107)(H,96,114)(H,97,118)(H,98,115)(H,99,119)(H,100,116)(H,101,117)(H,102,112)(H,103,120)(H,108,109)(H,110,111)(H,122,123)/t43-,44+,58-,63-,64-,65-,66-,67-,68-,69-,70-,74-/m0/s1. The van der Waals surface area contributed by atoms with Gasteiger partial charge in [-0.25, -0.2) is 9.78 Å². The Kier molecular flexibility index (Phi) is 29.5. The zero-order chi connectivity index (χ0) is 88.1. The van der Waals surface area contributed by atoms with Gasteiger partial charge in [0.15, 0.2) is 0 Å². The number of phenols is 2. The van der Waals surface area contributed by atoms with E-state index in [1.54, 1.807) is 109 Å². The normalized spacial score (nSPS) is 14.2. The fourth-order valence-electron chi connectivity index (χ4n) is 14.1. The number of nitrogens with zero attached hydrogens (tertiary/aromatic N) is 1. The number of fused-ring (bicyclic) bond motifs is 4. The van der Waals surface area contributed by atoms with Crippen molar-refractivity contribution in [2.24, 2.45) is 5.73 Å². The summed E-state index contributed by atoms with van der Waals surface area (Å²) in [6, 6.07) is 19.2. The fourth-order valence-corrected chi connectivity index (χ4v) is 14.1. The molecule has 0 aliphatic rings. The van der Waals surface area contributed by atoms with Gasteiger partial charge in [0.05, 0.1) is 37.9 Å². The summed E-state index contributed by atoms with van der Waals surface area (Å²) in [5, 5.41) is 92.5. The van der Waals surface area contributed by atoms with Crippen molar-refractivity contribution in [2.45, 2.75) is 144 Å². The van der Waals surface area contributed by atoms with Crippen LogP contribution in [0.2, 0.25) is 0 Å². The number of nitrogens with two attached hydrogens (primary N) is 1. The van der Waals surface area contributed by atoms with E-state index in [1.807, 2.05) is 0 Å². The van der Waals surface area contributed by atoms with Crippen molar-refractivity contribution in [1.29, 1.82) is 0 Å². The molecule has 0 unspecified atom stereocenters. The van der Waals surface area contributed by atoms with Gasteiger partial charge in [-0.1, -0.05) is 97.1 Å². The van der Waals surface area contributed by atoms with Crippen LogP contribution in [0.15, 0.2) is 183 Å². The number of amides is 11. The Morgan fingerprint density at radius 1 is 0.366 bits per heavy atom. The number of aliphatic hydroxyl groups is 1. The van der Waals surface area contributed by atoms with Gasteiger partial charge in [0.1, 0.15) is 71.9 Å². The second-order valence-corrected chi connectivity index (χ2v) is 29.6. The predicted octanol–water partition coefficient (Wildman–Crippen LogP) is 0.471. The third-order valence-electron chi connectivity index (χ3n) is 20.5.